The second-order valence-electron chi connectivity index (χ2n) is 5.51. The van der Waals surface area contributed by atoms with Gasteiger partial charge in [-0.3, -0.25) is 10.1 Å². The molecule has 3 amide bonds. The van der Waals surface area contributed by atoms with Crippen LogP contribution in [0.2, 0.25) is 5.02 Å². The molecular weight excluding hydrogens is 388 g/mol. The summed E-state index contributed by atoms with van der Waals surface area (Å²) < 4.78 is 6.27. The van der Waals surface area contributed by atoms with Gasteiger partial charge in [-0.05, 0) is 6.07 Å². The van der Waals surface area contributed by atoms with Crippen LogP contribution in [0.4, 0.5) is 4.79 Å². The average Bonchev–Trinajstić information content (AvgIpc) is 3.03. The fourth-order valence-electron chi connectivity index (χ4n) is 2.45. The molecule has 1 aromatic heterocycles. The standard InChI is InChI=1S/C19H15ClN2O4S/c1-21-19(25)22-17(23)15(11-7-3-2-4-8-11)26-18(24)16-14(20)12-9-5-6-10-13(12)27-16/h2-10,15H,1H3,(H2,21,22,23,25). The normalized spacial score (nSPS) is 11.6. The zero-order chi connectivity index (χ0) is 19.4. The van der Waals surface area contributed by atoms with E-state index in [2.05, 4.69) is 10.6 Å². The molecule has 0 saturated carbocycles. The number of carbonyl (C=O) groups is 3. The minimum atomic E-state index is -1.29. The molecule has 6 nitrogen and oxygen atoms in total. The Morgan fingerprint density at radius 2 is 1.70 bits per heavy atom. The first-order valence-electron chi connectivity index (χ1n) is 7.96. The van der Waals surface area contributed by atoms with Crippen LogP contribution in [0, 0.1) is 0 Å². The minimum Gasteiger partial charge on any atom is -0.443 e. The first-order valence-corrected chi connectivity index (χ1v) is 9.16. The van der Waals surface area contributed by atoms with E-state index in [0.29, 0.717) is 5.56 Å². The molecule has 0 fully saturated rings. The van der Waals surface area contributed by atoms with Crippen LogP contribution in [-0.2, 0) is 9.53 Å². The molecule has 2 aromatic carbocycles. The average molecular weight is 403 g/mol. The number of hydrogen-bond donors (Lipinski definition) is 2. The lowest BCUT2D eigenvalue weighted by atomic mass is 10.1. The predicted octanol–water partition coefficient (Wildman–Crippen LogP) is 3.91. The summed E-state index contributed by atoms with van der Waals surface area (Å²) in [5.41, 5.74) is 0.435. The third kappa shape index (κ3) is 4.10. The quantitative estimate of drug-likeness (QED) is 0.648. The monoisotopic (exact) mass is 402 g/mol. The zero-order valence-corrected chi connectivity index (χ0v) is 15.8. The van der Waals surface area contributed by atoms with Crippen molar-refractivity contribution in [3.63, 3.8) is 0 Å². The molecule has 27 heavy (non-hydrogen) atoms. The number of carbonyl (C=O) groups excluding carboxylic acids is 3. The predicted molar refractivity (Wildman–Crippen MR) is 104 cm³/mol. The summed E-state index contributed by atoms with van der Waals surface area (Å²) in [4.78, 5) is 36.8. The van der Waals surface area contributed by atoms with Crippen molar-refractivity contribution in [3.8, 4) is 0 Å². The Hall–Kier alpha value is -2.90. The number of esters is 1. The summed E-state index contributed by atoms with van der Waals surface area (Å²) in [6.45, 7) is 0. The van der Waals surface area contributed by atoms with Crippen LogP contribution in [-0.4, -0.2) is 25.0 Å². The van der Waals surface area contributed by atoms with E-state index in [4.69, 9.17) is 16.3 Å². The third-order valence-corrected chi connectivity index (χ3v) is 5.40. The van der Waals surface area contributed by atoms with Crippen LogP contribution in [0.5, 0.6) is 0 Å². The molecule has 0 aliphatic heterocycles. The number of fused-ring (bicyclic) bond motifs is 1. The number of hydrogen-bond acceptors (Lipinski definition) is 5. The van der Waals surface area contributed by atoms with Crippen molar-refractivity contribution < 1.29 is 19.1 Å². The van der Waals surface area contributed by atoms with E-state index in [0.717, 1.165) is 10.1 Å². The summed E-state index contributed by atoms with van der Waals surface area (Å²) in [6.07, 6.45) is -1.29. The molecule has 1 heterocycles. The van der Waals surface area contributed by atoms with Crippen LogP contribution in [0.25, 0.3) is 10.1 Å². The van der Waals surface area contributed by atoms with Crippen molar-refractivity contribution in [2.24, 2.45) is 0 Å². The maximum absolute atomic E-state index is 12.7. The molecule has 3 rings (SSSR count). The molecule has 0 aliphatic carbocycles. The highest BCUT2D eigenvalue weighted by Gasteiger charge is 2.29. The Balaban J connectivity index is 1.90. The number of urea groups is 1. The van der Waals surface area contributed by atoms with E-state index in [-0.39, 0.29) is 9.90 Å². The van der Waals surface area contributed by atoms with Crippen LogP contribution < -0.4 is 10.6 Å². The molecule has 2 N–H and O–H groups in total. The van der Waals surface area contributed by atoms with Gasteiger partial charge in [0.1, 0.15) is 4.88 Å². The Labute approximate surface area is 164 Å². The molecule has 1 unspecified atom stereocenters. The van der Waals surface area contributed by atoms with E-state index in [1.54, 1.807) is 36.4 Å². The van der Waals surface area contributed by atoms with Gasteiger partial charge in [0, 0.05) is 22.7 Å². The van der Waals surface area contributed by atoms with Gasteiger partial charge in [-0.15, -0.1) is 11.3 Å². The topological polar surface area (TPSA) is 84.5 Å². The van der Waals surface area contributed by atoms with Crippen molar-refractivity contribution in [3.05, 3.63) is 70.1 Å². The maximum atomic E-state index is 12.7. The SMILES string of the molecule is CNC(=O)NC(=O)C(OC(=O)c1sc2ccccc2c1Cl)c1ccccc1. The first kappa shape index (κ1) is 18.9. The summed E-state index contributed by atoms with van der Waals surface area (Å²) in [5, 5.41) is 5.43. The summed E-state index contributed by atoms with van der Waals surface area (Å²) in [6, 6.07) is 15.0. The van der Waals surface area contributed by atoms with Crippen molar-refractivity contribution in [1.29, 1.82) is 0 Å². The Morgan fingerprint density at radius 3 is 2.37 bits per heavy atom. The Kier molecular flexibility index (Phi) is 5.73. The highest BCUT2D eigenvalue weighted by Crippen LogP contribution is 2.36. The molecular formula is C19H15ClN2O4S. The molecule has 0 bridgehead atoms. The lowest BCUT2D eigenvalue weighted by molar-refractivity contribution is -0.129. The minimum absolute atomic E-state index is 0.201. The van der Waals surface area contributed by atoms with Gasteiger partial charge >= 0.3 is 12.0 Å². The number of nitrogens with one attached hydrogen (secondary N) is 2. The van der Waals surface area contributed by atoms with E-state index in [1.807, 2.05) is 18.2 Å². The molecule has 138 valence electrons. The molecule has 0 spiro atoms. The van der Waals surface area contributed by atoms with Gasteiger partial charge in [0.15, 0.2) is 0 Å². The summed E-state index contributed by atoms with van der Waals surface area (Å²) in [5.74, 6) is -1.49. The van der Waals surface area contributed by atoms with E-state index in [9.17, 15) is 14.4 Å². The highest BCUT2D eigenvalue weighted by molar-refractivity contribution is 7.21. The van der Waals surface area contributed by atoms with Gasteiger partial charge in [-0.25, -0.2) is 9.59 Å². The number of rotatable bonds is 4. The van der Waals surface area contributed by atoms with Gasteiger partial charge < -0.3 is 10.1 Å². The summed E-state index contributed by atoms with van der Waals surface area (Å²) in [7, 11) is 1.38. The van der Waals surface area contributed by atoms with Crippen LogP contribution in [0.1, 0.15) is 21.3 Å². The second kappa shape index (κ2) is 8.20. The molecule has 3 aromatic rings. The van der Waals surface area contributed by atoms with Crippen molar-refractivity contribution >= 4 is 50.9 Å². The number of amides is 3. The van der Waals surface area contributed by atoms with Crippen LogP contribution in [0.15, 0.2) is 54.6 Å². The van der Waals surface area contributed by atoms with Crippen molar-refractivity contribution in [2.75, 3.05) is 7.05 Å². The largest absolute Gasteiger partial charge is 0.443 e. The van der Waals surface area contributed by atoms with Crippen molar-refractivity contribution in [1.82, 2.24) is 10.6 Å². The van der Waals surface area contributed by atoms with Crippen LogP contribution in [0.3, 0.4) is 0 Å². The highest BCUT2D eigenvalue weighted by atomic mass is 35.5. The molecule has 0 saturated heterocycles. The van der Waals surface area contributed by atoms with E-state index >= 15 is 0 Å². The van der Waals surface area contributed by atoms with Gasteiger partial charge in [-0.1, -0.05) is 60.1 Å². The van der Waals surface area contributed by atoms with Crippen LogP contribution >= 0.6 is 22.9 Å². The second-order valence-corrected chi connectivity index (χ2v) is 6.94. The van der Waals surface area contributed by atoms with Gasteiger partial charge in [0.25, 0.3) is 5.91 Å². The first-order chi connectivity index (χ1) is 13.0. The number of halogens is 1. The lowest BCUT2D eigenvalue weighted by Crippen LogP contribution is -2.41. The molecule has 8 heteroatoms. The fourth-order valence-corrected chi connectivity index (χ4v) is 3.84. The number of imide groups is 1. The lowest BCUT2D eigenvalue weighted by Gasteiger charge is -2.17. The fraction of sp³-hybridized carbons (Fsp3) is 0.105. The zero-order valence-electron chi connectivity index (χ0n) is 14.2. The summed E-state index contributed by atoms with van der Waals surface area (Å²) >= 11 is 7.49. The maximum Gasteiger partial charge on any atom is 0.351 e. The molecule has 0 radical (unpaired) electrons. The number of benzene rings is 2. The Morgan fingerprint density at radius 1 is 1.04 bits per heavy atom. The van der Waals surface area contributed by atoms with Gasteiger partial charge in [0.05, 0.1) is 5.02 Å². The third-order valence-electron chi connectivity index (χ3n) is 3.75. The number of thiophene rings is 1. The Bertz CT molecular complexity index is 1000. The van der Waals surface area contributed by atoms with E-state index in [1.165, 1.54) is 18.4 Å². The van der Waals surface area contributed by atoms with E-state index < -0.39 is 24.0 Å². The van der Waals surface area contributed by atoms with Gasteiger partial charge in [0.2, 0.25) is 6.10 Å². The number of ether oxygens (including phenoxy) is 1. The smallest absolute Gasteiger partial charge is 0.351 e. The molecule has 0 aliphatic rings. The van der Waals surface area contributed by atoms with Gasteiger partial charge in [-0.2, -0.15) is 0 Å². The van der Waals surface area contributed by atoms with Crippen molar-refractivity contribution in [2.45, 2.75) is 6.10 Å². The molecule has 1 atom stereocenters.